The molecule has 6 nitrogen and oxygen atoms in total. The van der Waals surface area contributed by atoms with Gasteiger partial charge in [-0.1, -0.05) is 53.5 Å². The number of carbonyl (C=O) groups is 1. The lowest BCUT2D eigenvalue weighted by atomic mass is 9.77. The molecule has 3 heterocycles. The molecule has 1 aliphatic rings. The fraction of sp³-hybridized carbons (Fsp3) is 0.160. The molecule has 2 aromatic heterocycles. The summed E-state index contributed by atoms with van der Waals surface area (Å²) in [6, 6.07) is 17.1. The molecule has 0 aliphatic carbocycles. The van der Waals surface area contributed by atoms with Crippen LogP contribution in [0.15, 0.2) is 73.3 Å². The number of hydrogen-bond acceptors (Lipinski definition) is 4. The fourth-order valence-electron chi connectivity index (χ4n) is 4.54. The molecule has 5 rings (SSSR count). The number of nitrogens with two attached hydrogens (primary N) is 1. The number of hydrogen-bond donors (Lipinski definition) is 2. The van der Waals surface area contributed by atoms with Gasteiger partial charge in [0.25, 0.3) is 0 Å². The number of nitrogens with zero attached hydrogens (tertiary/aromatic N) is 3. The highest BCUT2D eigenvalue weighted by atomic mass is 35.5. The Morgan fingerprint density at radius 2 is 1.91 bits per heavy atom. The Bertz CT molecular complexity index is 1350. The number of aromatic nitrogens is 3. The minimum atomic E-state index is -1.04. The van der Waals surface area contributed by atoms with E-state index in [1.54, 1.807) is 24.8 Å². The highest BCUT2D eigenvalue weighted by molar-refractivity contribution is 6.30. The third kappa shape index (κ3) is 3.80. The quantitative estimate of drug-likeness (QED) is 0.411. The van der Waals surface area contributed by atoms with Crippen molar-refractivity contribution in [3.63, 3.8) is 0 Å². The first kappa shape index (κ1) is 21.6. The van der Waals surface area contributed by atoms with Crippen LogP contribution in [0.1, 0.15) is 40.3 Å². The van der Waals surface area contributed by atoms with E-state index in [1.807, 2.05) is 54.1 Å². The molecule has 0 fully saturated rings. The van der Waals surface area contributed by atoms with Gasteiger partial charge in [-0.25, -0.2) is 9.97 Å². The van der Waals surface area contributed by atoms with Crippen LogP contribution >= 0.6 is 23.2 Å². The molecule has 166 valence electrons. The smallest absolute Gasteiger partial charge is 0.225 e. The molecule has 2 atom stereocenters. The van der Waals surface area contributed by atoms with Gasteiger partial charge < -0.3 is 15.6 Å². The number of rotatable bonds is 4. The van der Waals surface area contributed by atoms with E-state index in [9.17, 15) is 4.79 Å². The van der Waals surface area contributed by atoms with Gasteiger partial charge in [-0.15, -0.1) is 0 Å². The van der Waals surface area contributed by atoms with Crippen LogP contribution in [0.5, 0.6) is 0 Å². The molecule has 4 aromatic rings. The van der Waals surface area contributed by atoms with E-state index in [0.717, 1.165) is 33.6 Å². The first-order chi connectivity index (χ1) is 15.9. The van der Waals surface area contributed by atoms with Gasteiger partial charge >= 0.3 is 0 Å². The van der Waals surface area contributed by atoms with Gasteiger partial charge in [-0.3, -0.25) is 4.79 Å². The highest BCUT2D eigenvalue weighted by Crippen LogP contribution is 2.42. The van der Waals surface area contributed by atoms with Crippen molar-refractivity contribution in [3.8, 4) is 0 Å². The van der Waals surface area contributed by atoms with E-state index < -0.39 is 5.54 Å². The minimum Gasteiger partial charge on any atom is -0.336 e. The Balaban J connectivity index is 1.71. The van der Waals surface area contributed by atoms with Gasteiger partial charge in [-0.05, 0) is 41.0 Å². The maximum atomic E-state index is 12.5. The second-order valence-electron chi connectivity index (χ2n) is 8.23. The summed E-state index contributed by atoms with van der Waals surface area (Å²) in [6.07, 6.45) is 5.48. The molecule has 1 aliphatic heterocycles. The molecule has 2 aromatic carbocycles. The third-order valence-corrected chi connectivity index (χ3v) is 6.66. The second-order valence-corrected chi connectivity index (χ2v) is 9.05. The Morgan fingerprint density at radius 1 is 1.09 bits per heavy atom. The highest BCUT2D eigenvalue weighted by Gasteiger charge is 2.37. The van der Waals surface area contributed by atoms with Crippen LogP contribution < -0.4 is 11.1 Å². The molecular weight excluding hydrogens is 457 g/mol. The Hall–Kier alpha value is -3.19. The van der Waals surface area contributed by atoms with Crippen molar-refractivity contribution >= 4 is 34.8 Å². The first-order valence-electron chi connectivity index (χ1n) is 10.4. The predicted molar refractivity (Wildman–Crippen MR) is 130 cm³/mol. The number of pyridine rings is 1. The summed E-state index contributed by atoms with van der Waals surface area (Å²) in [4.78, 5) is 21.0. The molecule has 1 amide bonds. The minimum absolute atomic E-state index is 0.0345. The van der Waals surface area contributed by atoms with E-state index in [1.165, 1.54) is 0 Å². The number of benzene rings is 2. The van der Waals surface area contributed by atoms with Crippen molar-refractivity contribution in [2.24, 2.45) is 12.8 Å². The summed E-state index contributed by atoms with van der Waals surface area (Å²) in [5, 5.41) is 4.01. The second kappa shape index (κ2) is 8.30. The topological polar surface area (TPSA) is 85.8 Å². The summed E-state index contributed by atoms with van der Waals surface area (Å²) in [5.41, 5.74) is 11.3. The number of carbonyl (C=O) groups excluding carboxylic acids is 1. The molecule has 0 spiro atoms. The maximum Gasteiger partial charge on any atom is 0.225 e. The van der Waals surface area contributed by atoms with E-state index in [4.69, 9.17) is 28.9 Å². The monoisotopic (exact) mass is 477 g/mol. The largest absolute Gasteiger partial charge is 0.336 e. The Kier molecular flexibility index (Phi) is 5.44. The van der Waals surface area contributed by atoms with E-state index >= 15 is 0 Å². The molecule has 33 heavy (non-hydrogen) atoms. The molecule has 0 bridgehead atoms. The van der Waals surface area contributed by atoms with Crippen molar-refractivity contribution in [2.75, 3.05) is 5.32 Å². The summed E-state index contributed by atoms with van der Waals surface area (Å²) >= 11 is 12.3. The lowest BCUT2D eigenvalue weighted by molar-refractivity contribution is -0.116. The number of fused-ring (bicyclic) bond motifs is 1. The Morgan fingerprint density at radius 3 is 2.61 bits per heavy atom. The van der Waals surface area contributed by atoms with Gasteiger partial charge in [0.1, 0.15) is 10.7 Å². The zero-order chi connectivity index (χ0) is 23.2. The van der Waals surface area contributed by atoms with Crippen molar-refractivity contribution in [1.29, 1.82) is 0 Å². The van der Waals surface area contributed by atoms with Crippen molar-refractivity contribution in [1.82, 2.24) is 14.5 Å². The van der Waals surface area contributed by atoms with E-state index in [-0.39, 0.29) is 11.8 Å². The van der Waals surface area contributed by atoms with E-state index in [2.05, 4.69) is 21.4 Å². The molecule has 2 unspecified atom stereocenters. The standard InChI is InChI=1S/C25H21Cl2N5O/c1-32-14-29-13-22(32)25(28,17-6-8-23(27)30-12-17)16-5-7-21-20(10-16)19(11-24(33)31-21)15-3-2-4-18(26)9-15/h2-10,12-14,19H,11,28H2,1H3,(H,31,33). The number of imidazole rings is 1. The first-order valence-corrected chi connectivity index (χ1v) is 11.2. The Labute approximate surface area is 201 Å². The predicted octanol–water partition coefficient (Wildman–Crippen LogP) is 4.85. The van der Waals surface area contributed by atoms with Crippen LogP contribution in [0.3, 0.4) is 0 Å². The lowest BCUT2D eigenvalue weighted by Crippen LogP contribution is -2.41. The van der Waals surface area contributed by atoms with Gasteiger partial charge in [0.15, 0.2) is 0 Å². The number of nitrogens with one attached hydrogen (secondary N) is 1. The average Bonchev–Trinajstić information content (AvgIpc) is 3.24. The molecule has 8 heteroatoms. The molecular formula is C25H21Cl2N5O. The van der Waals surface area contributed by atoms with Crippen LogP contribution in [0.4, 0.5) is 5.69 Å². The van der Waals surface area contributed by atoms with Crippen LogP contribution in [-0.2, 0) is 17.4 Å². The molecule has 0 radical (unpaired) electrons. The fourth-order valence-corrected chi connectivity index (χ4v) is 4.85. The van der Waals surface area contributed by atoms with Crippen LogP contribution in [0, 0.1) is 0 Å². The van der Waals surface area contributed by atoms with Crippen LogP contribution in [-0.4, -0.2) is 20.4 Å². The van der Waals surface area contributed by atoms with Crippen molar-refractivity contribution < 1.29 is 4.79 Å². The van der Waals surface area contributed by atoms with Gasteiger partial charge in [0.2, 0.25) is 5.91 Å². The van der Waals surface area contributed by atoms with E-state index in [0.29, 0.717) is 16.6 Å². The zero-order valence-corrected chi connectivity index (χ0v) is 19.3. The zero-order valence-electron chi connectivity index (χ0n) is 17.8. The van der Waals surface area contributed by atoms with Gasteiger partial charge in [-0.2, -0.15) is 0 Å². The number of amides is 1. The summed E-state index contributed by atoms with van der Waals surface area (Å²) < 4.78 is 1.89. The lowest BCUT2D eigenvalue weighted by Gasteiger charge is -2.33. The average molecular weight is 478 g/mol. The molecule has 0 saturated carbocycles. The van der Waals surface area contributed by atoms with Crippen molar-refractivity contribution in [3.05, 3.63) is 111 Å². The SMILES string of the molecule is Cn1cncc1C(N)(c1ccc(Cl)nc1)c1ccc2c(c1)C(c1cccc(Cl)c1)CC(=O)N2. The number of aryl methyl sites for hydroxylation is 1. The number of halogens is 2. The summed E-state index contributed by atoms with van der Waals surface area (Å²) in [6.45, 7) is 0. The third-order valence-electron chi connectivity index (χ3n) is 6.20. The van der Waals surface area contributed by atoms with Gasteiger partial charge in [0, 0.05) is 41.9 Å². The van der Waals surface area contributed by atoms with Crippen LogP contribution in [0.2, 0.25) is 10.2 Å². The summed E-state index contributed by atoms with van der Waals surface area (Å²) in [7, 11) is 1.90. The number of anilines is 1. The van der Waals surface area contributed by atoms with Crippen LogP contribution in [0.25, 0.3) is 0 Å². The molecule has 3 N–H and O–H groups in total. The van der Waals surface area contributed by atoms with Crippen molar-refractivity contribution in [2.45, 2.75) is 17.9 Å². The maximum absolute atomic E-state index is 12.5. The normalized spacial score (nSPS) is 17.2. The summed E-state index contributed by atoms with van der Waals surface area (Å²) in [5.74, 6) is -0.181. The van der Waals surface area contributed by atoms with Gasteiger partial charge in [0.05, 0.1) is 18.2 Å². The molecule has 0 saturated heterocycles.